The van der Waals surface area contributed by atoms with Gasteiger partial charge in [-0.15, -0.1) is 0 Å². The van der Waals surface area contributed by atoms with Crippen molar-refractivity contribution in [3.05, 3.63) is 35.4 Å². The minimum Gasteiger partial charge on any atom is -0.283 e. The smallest absolute Gasteiger partial charge is 0.193 e. The molecular weight excluding hydrogens is 234 g/mol. The predicted molar refractivity (Wildman–Crippen MR) is 84.9 cm³/mol. The molecule has 0 aromatic heterocycles. The maximum absolute atomic E-state index is 4.80. The van der Waals surface area contributed by atoms with Crippen LogP contribution < -0.4 is 0 Å². The highest BCUT2D eigenvalue weighted by atomic mass is 28.3. The quantitative estimate of drug-likeness (QED) is 0.519. The van der Waals surface area contributed by atoms with E-state index in [4.69, 9.17) is 4.66 Å². The Hall–Kier alpha value is -1.11. The van der Waals surface area contributed by atoms with Gasteiger partial charge in [-0.2, -0.15) is 0 Å². The third-order valence-electron chi connectivity index (χ3n) is 3.89. The molecule has 98 valence electrons. The lowest BCUT2D eigenvalue weighted by Gasteiger charge is -2.31. The van der Waals surface area contributed by atoms with Gasteiger partial charge in [0.1, 0.15) is 0 Å². The van der Waals surface area contributed by atoms with Crippen LogP contribution in [0.25, 0.3) is 5.57 Å². The van der Waals surface area contributed by atoms with Crippen molar-refractivity contribution in [2.24, 2.45) is 4.66 Å². The van der Waals surface area contributed by atoms with Crippen molar-refractivity contribution >= 4 is 19.7 Å². The van der Waals surface area contributed by atoms with E-state index in [1.807, 2.05) is 0 Å². The lowest BCUT2D eigenvalue weighted by molar-refractivity contribution is 0.719. The molecule has 0 aliphatic heterocycles. The van der Waals surface area contributed by atoms with Gasteiger partial charge in [-0.3, -0.25) is 4.66 Å². The maximum Gasteiger partial charge on any atom is 0.193 e. The van der Waals surface area contributed by atoms with E-state index >= 15 is 0 Å². The van der Waals surface area contributed by atoms with E-state index in [0.717, 1.165) is 5.57 Å². The molecule has 0 saturated heterocycles. The van der Waals surface area contributed by atoms with Crippen LogP contribution in [0.2, 0.25) is 18.1 Å². The molecule has 0 fully saturated rings. The summed E-state index contributed by atoms with van der Waals surface area (Å²) in [6.07, 6.45) is 0. The summed E-state index contributed by atoms with van der Waals surface area (Å²) in [5.74, 6) is 3.29. The molecule has 0 N–H and O–H groups in total. The first-order valence-corrected chi connectivity index (χ1v) is 9.47. The maximum atomic E-state index is 4.80. The van der Waals surface area contributed by atoms with E-state index in [0.29, 0.717) is 0 Å². The summed E-state index contributed by atoms with van der Waals surface area (Å²) in [6, 6.07) is 8.41. The normalized spacial score (nSPS) is 11.9. The first-order valence-electron chi connectivity index (χ1n) is 6.52. The van der Waals surface area contributed by atoms with Crippen LogP contribution in [0.1, 0.15) is 38.8 Å². The van der Waals surface area contributed by atoms with Crippen molar-refractivity contribution in [3.63, 3.8) is 0 Å². The highest BCUT2D eigenvalue weighted by molar-refractivity contribution is 6.79. The van der Waals surface area contributed by atoms with Gasteiger partial charge in [0, 0.05) is 5.57 Å². The summed E-state index contributed by atoms with van der Waals surface area (Å²) in [7, 11) is -1.62. The average Bonchev–Trinajstić information content (AvgIpc) is 2.25. The summed E-state index contributed by atoms with van der Waals surface area (Å²) in [4.78, 5) is 0. The number of hydrogen-bond acceptors (Lipinski definition) is 1. The number of allylic oxidation sites excluding steroid dienone is 1. The zero-order valence-electron chi connectivity index (χ0n) is 12.8. The third kappa shape index (κ3) is 3.44. The molecule has 0 radical (unpaired) electrons. The lowest BCUT2D eigenvalue weighted by atomic mass is 10.0. The van der Waals surface area contributed by atoms with Crippen LogP contribution >= 0.6 is 0 Å². The van der Waals surface area contributed by atoms with Crippen LogP contribution in [0.4, 0.5) is 0 Å². The number of aryl methyl sites for hydroxylation is 1. The van der Waals surface area contributed by atoms with Crippen molar-refractivity contribution < 1.29 is 0 Å². The van der Waals surface area contributed by atoms with Gasteiger partial charge in [0.2, 0.25) is 0 Å². The molecular formula is C16H25NSi. The Morgan fingerprint density at radius 3 is 2.22 bits per heavy atom. The Bertz CT molecular complexity index is 486. The molecule has 0 heterocycles. The highest BCUT2D eigenvalue weighted by Gasteiger charge is 2.35. The zero-order valence-corrected chi connectivity index (χ0v) is 13.8. The van der Waals surface area contributed by atoms with Crippen LogP contribution in [-0.4, -0.2) is 14.1 Å². The molecule has 2 heteroatoms. The fraction of sp³-hybridized carbons (Fsp3) is 0.500. The topological polar surface area (TPSA) is 12.4 Å². The van der Waals surface area contributed by atoms with Crippen molar-refractivity contribution in [1.82, 2.24) is 0 Å². The van der Waals surface area contributed by atoms with Crippen molar-refractivity contribution in [3.8, 4) is 0 Å². The van der Waals surface area contributed by atoms with Gasteiger partial charge in [-0.05, 0) is 49.0 Å². The van der Waals surface area contributed by atoms with Gasteiger partial charge in [-0.1, -0.05) is 45.0 Å². The number of hydrogen-bond donors (Lipinski definition) is 0. The van der Waals surface area contributed by atoms with E-state index in [2.05, 4.69) is 77.8 Å². The van der Waals surface area contributed by atoms with Crippen molar-refractivity contribution in [1.29, 1.82) is 0 Å². The van der Waals surface area contributed by atoms with E-state index in [1.54, 1.807) is 0 Å². The minimum absolute atomic E-state index is 0.270. The van der Waals surface area contributed by atoms with E-state index < -0.39 is 8.24 Å². The average molecular weight is 259 g/mol. The predicted octanol–water partition coefficient (Wildman–Crippen LogP) is 5.07. The van der Waals surface area contributed by atoms with Crippen molar-refractivity contribution in [2.75, 3.05) is 0 Å². The third-order valence-corrected chi connectivity index (χ3v) is 8.23. The van der Waals surface area contributed by atoms with Crippen LogP contribution in [0.3, 0.4) is 0 Å². The fourth-order valence-electron chi connectivity index (χ4n) is 1.45. The molecule has 1 aromatic carbocycles. The van der Waals surface area contributed by atoms with Crippen molar-refractivity contribution in [2.45, 2.75) is 52.8 Å². The Morgan fingerprint density at radius 2 is 1.72 bits per heavy atom. The summed E-state index contributed by atoms with van der Waals surface area (Å²) in [5, 5.41) is 0.270. The molecule has 1 rings (SSSR count). The van der Waals surface area contributed by atoms with E-state index in [-0.39, 0.29) is 5.04 Å². The molecule has 0 aliphatic rings. The number of nitrogens with zero attached hydrogens (tertiary/aromatic N) is 1. The fourth-order valence-corrected chi connectivity index (χ4v) is 2.23. The number of rotatable bonds is 2. The Morgan fingerprint density at radius 1 is 1.17 bits per heavy atom. The SMILES string of the molecule is CC(=C=N[Si](C)(C)C(C)(C)C)c1ccccc1C. The Labute approximate surface area is 113 Å². The standard InChI is InChI=1S/C16H25NSi/c1-13-10-8-9-11-15(13)14(2)12-17-18(6,7)16(3,4)5/h8-11H,1-7H3. The van der Waals surface area contributed by atoms with Gasteiger partial charge in [0.15, 0.2) is 8.24 Å². The van der Waals surface area contributed by atoms with Crippen LogP contribution in [0, 0.1) is 6.92 Å². The molecule has 0 saturated carbocycles. The molecule has 0 bridgehead atoms. The molecule has 0 unspecified atom stereocenters. The Balaban J connectivity index is 3.15. The van der Waals surface area contributed by atoms with Gasteiger partial charge >= 0.3 is 0 Å². The first-order chi connectivity index (χ1) is 8.15. The molecule has 0 aliphatic carbocycles. The highest BCUT2D eigenvalue weighted by Crippen LogP contribution is 2.36. The molecule has 0 amide bonds. The first kappa shape index (κ1) is 14.9. The summed E-state index contributed by atoms with van der Waals surface area (Å²) >= 11 is 0. The summed E-state index contributed by atoms with van der Waals surface area (Å²) in [5.41, 5.74) is 3.67. The monoisotopic (exact) mass is 259 g/mol. The largest absolute Gasteiger partial charge is 0.283 e. The van der Waals surface area contributed by atoms with Gasteiger partial charge in [0.25, 0.3) is 0 Å². The summed E-state index contributed by atoms with van der Waals surface area (Å²) < 4.78 is 4.80. The second-order valence-electron chi connectivity index (χ2n) is 6.47. The second-order valence-corrected chi connectivity index (χ2v) is 11.3. The molecule has 0 atom stereocenters. The lowest BCUT2D eigenvalue weighted by Crippen LogP contribution is -2.34. The summed E-state index contributed by atoms with van der Waals surface area (Å²) in [6.45, 7) is 15.6. The van der Waals surface area contributed by atoms with E-state index in [1.165, 1.54) is 11.1 Å². The zero-order chi connectivity index (χ0) is 14.0. The van der Waals surface area contributed by atoms with Gasteiger partial charge < -0.3 is 0 Å². The van der Waals surface area contributed by atoms with Crippen LogP contribution in [0.5, 0.6) is 0 Å². The van der Waals surface area contributed by atoms with Crippen LogP contribution in [0.15, 0.2) is 28.9 Å². The molecule has 0 spiro atoms. The molecule has 1 aromatic rings. The second kappa shape index (κ2) is 5.25. The number of benzene rings is 1. The van der Waals surface area contributed by atoms with E-state index in [9.17, 15) is 0 Å². The van der Waals surface area contributed by atoms with Gasteiger partial charge in [0.05, 0.1) is 0 Å². The Kier molecular flexibility index (Phi) is 4.36. The van der Waals surface area contributed by atoms with Crippen LogP contribution in [-0.2, 0) is 0 Å². The molecule has 1 nitrogen and oxygen atoms in total. The van der Waals surface area contributed by atoms with Gasteiger partial charge in [-0.25, -0.2) is 0 Å². The minimum atomic E-state index is -1.62. The molecule has 18 heavy (non-hydrogen) atoms.